The molecule has 0 aromatic heterocycles. The van der Waals surface area contributed by atoms with E-state index in [1.807, 2.05) is 4.72 Å². The van der Waals surface area contributed by atoms with Crippen molar-refractivity contribution in [3.05, 3.63) is 48.0 Å². The molecule has 0 saturated carbocycles. The molecule has 1 aliphatic rings. The molecule has 1 fully saturated rings. The summed E-state index contributed by atoms with van der Waals surface area (Å²) in [6.07, 6.45) is -3.67. The molecule has 2 aromatic carbocycles. The largest absolute Gasteiger partial charge is 0.492 e. The molecule has 0 spiro atoms. The lowest BCUT2D eigenvalue weighted by Crippen LogP contribution is -2.38. The number of hydrogen-bond acceptors (Lipinski definition) is 5. The first-order valence-corrected chi connectivity index (χ1v) is 12.5. The highest BCUT2D eigenvalue weighted by molar-refractivity contribution is 7.93. The van der Waals surface area contributed by atoms with Gasteiger partial charge in [0.25, 0.3) is 10.0 Å². The van der Waals surface area contributed by atoms with Gasteiger partial charge in [-0.25, -0.2) is 16.8 Å². The number of halogens is 3. The third kappa shape index (κ3) is 5.06. The monoisotopic (exact) mass is 478 g/mol. The Morgan fingerprint density at radius 3 is 2.48 bits per heavy atom. The van der Waals surface area contributed by atoms with Gasteiger partial charge in [-0.1, -0.05) is 12.1 Å². The van der Waals surface area contributed by atoms with Gasteiger partial charge in [0.05, 0.1) is 29.3 Å². The van der Waals surface area contributed by atoms with E-state index in [0.717, 1.165) is 28.6 Å². The van der Waals surface area contributed by atoms with Gasteiger partial charge in [-0.2, -0.15) is 13.2 Å². The lowest BCUT2D eigenvalue weighted by molar-refractivity contribution is -0.136. The molecule has 0 radical (unpaired) electrons. The van der Waals surface area contributed by atoms with Crippen molar-refractivity contribution in [2.24, 2.45) is 0 Å². The van der Waals surface area contributed by atoms with Crippen LogP contribution in [0.4, 0.5) is 24.5 Å². The first-order valence-electron chi connectivity index (χ1n) is 9.42. The average Bonchev–Trinajstić information content (AvgIpc) is 2.67. The highest BCUT2D eigenvalue weighted by atomic mass is 32.2. The van der Waals surface area contributed by atoms with Crippen LogP contribution >= 0.6 is 0 Å². The maximum absolute atomic E-state index is 13.3. The summed E-state index contributed by atoms with van der Waals surface area (Å²) in [6, 6.07) is 8.00. The van der Waals surface area contributed by atoms with E-state index in [4.69, 9.17) is 4.74 Å². The van der Waals surface area contributed by atoms with Crippen molar-refractivity contribution in [2.45, 2.75) is 30.8 Å². The van der Waals surface area contributed by atoms with Crippen LogP contribution in [0.5, 0.6) is 5.75 Å². The van der Waals surface area contributed by atoms with E-state index in [1.54, 1.807) is 6.92 Å². The molecular weight excluding hydrogens is 457 g/mol. The van der Waals surface area contributed by atoms with Gasteiger partial charge in [0.15, 0.2) is 0 Å². The number of anilines is 2. The predicted molar refractivity (Wildman–Crippen MR) is 110 cm³/mol. The molecular formula is C19H21F3N2O5S2. The molecule has 1 aliphatic heterocycles. The van der Waals surface area contributed by atoms with Gasteiger partial charge in [-0.3, -0.25) is 9.03 Å². The molecule has 0 unspecified atom stereocenters. The van der Waals surface area contributed by atoms with Gasteiger partial charge < -0.3 is 4.74 Å². The summed E-state index contributed by atoms with van der Waals surface area (Å²) in [5, 5.41) is 0. The van der Waals surface area contributed by atoms with Crippen molar-refractivity contribution in [1.82, 2.24) is 0 Å². The molecule has 3 rings (SSSR count). The van der Waals surface area contributed by atoms with Crippen molar-refractivity contribution in [1.29, 1.82) is 0 Å². The van der Waals surface area contributed by atoms with Crippen LogP contribution in [0.1, 0.15) is 25.3 Å². The van der Waals surface area contributed by atoms with Gasteiger partial charge in [0.2, 0.25) is 10.0 Å². The quantitative estimate of drug-likeness (QED) is 0.681. The summed E-state index contributed by atoms with van der Waals surface area (Å²) >= 11 is 0. The Morgan fingerprint density at radius 2 is 1.84 bits per heavy atom. The van der Waals surface area contributed by atoms with Crippen LogP contribution in [0, 0.1) is 0 Å². The summed E-state index contributed by atoms with van der Waals surface area (Å²) in [6.45, 7) is 1.90. The van der Waals surface area contributed by atoms with Gasteiger partial charge in [0.1, 0.15) is 10.6 Å². The number of nitrogens with one attached hydrogen (secondary N) is 1. The summed E-state index contributed by atoms with van der Waals surface area (Å²) in [4.78, 5) is -0.454. The Balaban J connectivity index is 2.08. The number of alkyl halides is 3. The Morgan fingerprint density at radius 1 is 1.13 bits per heavy atom. The maximum Gasteiger partial charge on any atom is 0.418 e. The molecule has 0 bridgehead atoms. The van der Waals surface area contributed by atoms with Crippen molar-refractivity contribution < 1.29 is 34.7 Å². The predicted octanol–water partition coefficient (Wildman–Crippen LogP) is 3.83. The number of nitrogens with zero attached hydrogens (tertiary/aromatic N) is 1. The third-order valence-corrected chi connectivity index (χ3v) is 7.89. The number of rotatable bonds is 6. The van der Waals surface area contributed by atoms with Crippen LogP contribution in [0.15, 0.2) is 47.4 Å². The fraction of sp³-hybridized carbons (Fsp3) is 0.368. The van der Waals surface area contributed by atoms with Crippen LogP contribution in [-0.4, -0.2) is 35.7 Å². The van der Waals surface area contributed by atoms with Crippen molar-refractivity contribution in [3.8, 4) is 5.75 Å². The second-order valence-electron chi connectivity index (χ2n) is 6.81. The van der Waals surface area contributed by atoms with Gasteiger partial charge in [0, 0.05) is 6.54 Å². The summed E-state index contributed by atoms with van der Waals surface area (Å²) in [5.74, 6) is -0.169. The first-order chi connectivity index (χ1) is 14.5. The Kier molecular flexibility index (Phi) is 6.42. The average molecular weight is 479 g/mol. The van der Waals surface area contributed by atoms with E-state index in [1.165, 1.54) is 18.2 Å². The fourth-order valence-electron chi connectivity index (χ4n) is 3.23. The Labute approximate surface area is 178 Å². The fourth-order valence-corrected chi connectivity index (χ4v) is 6.11. The Hall–Kier alpha value is -2.47. The normalized spacial score (nSPS) is 16.7. The topological polar surface area (TPSA) is 92.8 Å². The van der Waals surface area contributed by atoms with Crippen LogP contribution < -0.4 is 13.8 Å². The zero-order valence-electron chi connectivity index (χ0n) is 16.5. The molecule has 0 atom stereocenters. The van der Waals surface area contributed by atoms with Crippen LogP contribution in [-0.2, 0) is 26.2 Å². The lowest BCUT2D eigenvalue weighted by atomic mass is 10.2. The molecule has 1 heterocycles. The maximum atomic E-state index is 13.3. The molecule has 170 valence electrons. The Bertz CT molecular complexity index is 1170. The van der Waals surface area contributed by atoms with Gasteiger partial charge >= 0.3 is 6.18 Å². The summed E-state index contributed by atoms with van der Waals surface area (Å²) in [5.41, 5.74) is -1.69. The van der Waals surface area contributed by atoms with Gasteiger partial charge in [-0.15, -0.1) is 0 Å². The van der Waals surface area contributed by atoms with E-state index >= 15 is 0 Å². The van der Waals surface area contributed by atoms with Crippen LogP contribution in [0.25, 0.3) is 0 Å². The van der Waals surface area contributed by atoms with E-state index in [2.05, 4.69) is 0 Å². The smallest absolute Gasteiger partial charge is 0.418 e. The SMILES string of the molecule is CCOc1ccc(N2CCCCS2(=O)=O)cc1S(=O)(=O)Nc1ccccc1C(F)(F)F. The molecule has 12 heteroatoms. The molecule has 2 aromatic rings. The first kappa shape index (κ1) is 23.2. The summed E-state index contributed by atoms with van der Waals surface area (Å²) in [7, 11) is -8.16. The highest BCUT2D eigenvalue weighted by Crippen LogP contribution is 2.37. The highest BCUT2D eigenvalue weighted by Gasteiger charge is 2.35. The minimum Gasteiger partial charge on any atom is -0.492 e. The minimum atomic E-state index is -4.77. The molecule has 0 aliphatic carbocycles. The number of hydrogen-bond donors (Lipinski definition) is 1. The van der Waals surface area contributed by atoms with E-state index in [0.29, 0.717) is 12.8 Å². The molecule has 1 N–H and O–H groups in total. The van der Waals surface area contributed by atoms with E-state index < -0.39 is 42.4 Å². The third-order valence-electron chi connectivity index (χ3n) is 4.63. The standard InChI is InChI=1S/C19H21F3N2O5S2/c1-2-29-17-10-9-14(24-11-5-6-12-30(24,25)26)13-18(17)31(27,28)23-16-8-4-3-7-15(16)19(20,21)22/h3-4,7-10,13,23H,2,5-6,11-12H2,1H3. The number of sulfonamides is 2. The molecule has 7 nitrogen and oxygen atoms in total. The molecule has 0 amide bonds. The molecule has 1 saturated heterocycles. The number of para-hydroxylation sites is 1. The van der Waals surface area contributed by atoms with E-state index in [-0.39, 0.29) is 30.3 Å². The van der Waals surface area contributed by atoms with Crippen molar-refractivity contribution >= 4 is 31.4 Å². The zero-order valence-corrected chi connectivity index (χ0v) is 18.1. The van der Waals surface area contributed by atoms with Crippen LogP contribution in [0.2, 0.25) is 0 Å². The minimum absolute atomic E-state index is 0.0699. The summed E-state index contributed by atoms with van der Waals surface area (Å²) < 4.78 is 99.2. The second-order valence-corrected chi connectivity index (χ2v) is 10.5. The van der Waals surface area contributed by atoms with Crippen LogP contribution in [0.3, 0.4) is 0 Å². The van der Waals surface area contributed by atoms with Crippen molar-refractivity contribution in [3.63, 3.8) is 0 Å². The zero-order chi connectivity index (χ0) is 22.9. The number of ether oxygens (including phenoxy) is 1. The second kappa shape index (κ2) is 8.58. The lowest BCUT2D eigenvalue weighted by Gasteiger charge is -2.29. The van der Waals surface area contributed by atoms with Gasteiger partial charge in [-0.05, 0) is 50.1 Å². The molecule has 31 heavy (non-hydrogen) atoms. The number of benzene rings is 2. The van der Waals surface area contributed by atoms with E-state index in [9.17, 15) is 30.0 Å². The van der Waals surface area contributed by atoms with Crippen molar-refractivity contribution in [2.75, 3.05) is 27.9 Å².